The second-order valence-corrected chi connectivity index (χ2v) is 7.73. The van der Waals surface area contributed by atoms with Gasteiger partial charge in [0.25, 0.3) is 0 Å². The van der Waals surface area contributed by atoms with E-state index in [2.05, 4.69) is 30.7 Å². The van der Waals surface area contributed by atoms with Crippen molar-refractivity contribution >= 4 is 34.5 Å². The average Bonchev–Trinajstić information content (AvgIpc) is 3.52. The number of nitrogens with one attached hydrogen (secondary N) is 1. The van der Waals surface area contributed by atoms with E-state index in [1.165, 1.54) is 12.1 Å². The third-order valence-corrected chi connectivity index (χ3v) is 5.56. The molecule has 0 fully saturated rings. The molecule has 0 atom stereocenters. The molecule has 0 saturated carbocycles. The monoisotopic (exact) mass is 469 g/mol. The summed E-state index contributed by atoms with van der Waals surface area (Å²) in [7, 11) is 0. The number of carboxylic acids is 1. The van der Waals surface area contributed by atoms with E-state index in [4.69, 9.17) is 14.9 Å². The zero-order valence-electron chi connectivity index (χ0n) is 18.7. The van der Waals surface area contributed by atoms with Crippen LogP contribution in [0.3, 0.4) is 0 Å². The number of hydrogen-bond donors (Lipinski definition) is 3. The summed E-state index contributed by atoms with van der Waals surface area (Å²) in [6.07, 6.45) is 0. The lowest BCUT2D eigenvalue weighted by Gasteiger charge is -2.13. The molecule has 11 nitrogen and oxygen atoms in total. The highest BCUT2D eigenvalue weighted by molar-refractivity contribution is 6.13. The van der Waals surface area contributed by atoms with Crippen LogP contribution in [0.25, 0.3) is 22.6 Å². The van der Waals surface area contributed by atoms with Crippen LogP contribution in [0.15, 0.2) is 68.7 Å². The highest BCUT2D eigenvalue weighted by Crippen LogP contribution is 2.29. The maximum absolute atomic E-state index is 11.3. The average molecular weight is 469 g/mol. The summed E-state index contributed by atoms with van der Waals surface area (Å²) in [6.45, 7) is 4.00. The molecule has 3 aromatic heterocycles. The summed E-state index contributed by atoms with van der Waals surface area (Å²) < 4.78 is 10.8. The molecule has 0 amide bonds. The number of rotatable bonds is 6. The number of anilines is 2. The van der Waals surface area contributed by atoms with E-state index in [0.29, 0.717) is 22.9 Å². The van der Waals surface area contributed by atoms with Gasteiger partial charge in [0.05, 0.1) is 5.56 Å². The second-order valence-electron chi connectivity index (χ2n) is 7.73. The van der Waals surface area contributed by atoms with Crippen molar-refractivity contribution in [3.05, 3.63) is 82.7 Å². The molecule has 174 valence electrons. The maximum atomic E-state index is 11.3. The number of nitrogens with zero attached hydrogens (tertiary/aromatic N) is 5. The molecule has 0 aliphatic rings. The number of aromatic nitrogens is 4. The second kappa shape index (κ2) is 8.71. The zero-order chi connectivity index (χ0) is 24.5. The first-order chi connectivity index (χ1) is 16.9. The molecule has 2 aromatic carbocycles. The molecule has 0 radical (unpaired) electrons. The van der Waals surface area contributed by atoms with Gasteiger partial charge in [-0.15, -0.1) is 0 Å². The van der Waals surface area contributed by atoms with Gasteiger partial charge in [0, 0.05) is 11.3 Å². The molecule has 0 saturated heterocycles. The Balaban J connectivity index is 1.59. The first-order valence-electron chi connectivity index (χ1n) is 10.5. The fraction of sp³-hybridized carbons (Fsp3) is 0.0833. The van der Waals surface area contributed by atoms with Crippen LogP contribution in [0.5, 0.6) is 0 Å². The summed E-state index contributed by atoms with van der Waals surface area (Å²) in [5, 5.41) is 24.1. The Hall–Kier alpha value is -5.06. The predicted octanol–water partition coefficient (Wildman–Crippen LogP) is 4.04. The summed E-state index contributed by atoms with van der Waals surface area (Å²) in [5.74, 6) is 5.82. The van der Waals surface area contributed by atoms with E-state index in [0.717, 1.165) is 16.8 Å². The van der Waals surface area contributed by atoms with Crippen LogP contribution in [0, 0.1) is 13.8 Å². The minimum Gasteiger partial charge on any atom is -0.478 e. The highest BCUT2D eigenvalue weighted by Gasteiger charge is 2.22. The molecule has 35 heavy (non-hydrogen) atoms. The lowest BCUT2D eigenvalue weighted by Crippen LogP contribution is -2.13. The number of carboxylic acid groups (broad SMARTS) is 1. The van der Waals surface area contributed by atoms with Gasteiger partial charge in [-0.25, -0.2) is 19.4 Å². The SMILES string of the molecule is Cc1cccc(Nc2nc3nonc3nc2C(=NN)c2ccc(-c3cccc(C(=O)O)c3)o2)c1C. The molecule has 3 heterocycles. The van der Waals surface area contributed by atoms with Crippen LogP contribution in [-0.2, 0) is 0 Å². The lowest BCUT2D eigenvalue weighted by molar-refractivity contribution is 0.0697. The van der Waals surface area contributed by atoms with Crippen molar-refractivity contribution in [1.82, 2.24) is 20.3 Å². The Bertz CT molecular complexity index is 1600. The minimum atomic E-state index is -1.03. The number of aryl methyl sites for hydroxylation is 1. The Morgan fingerprint density at radius 1 is 1.03 bits per heavy atom. The molecule has 0 unspecified atom stereocenters. The van der Waals surface area contributed by atoms with Gasteiger partial charge in [-0.2, -0.15) is 5.10 Å². The van der Waals surface area contributed by atoms with Crippen molar-refractivity contribution in [1.29, 1.82) is 0 Å². The topological polar surface area (TPSA) is 166 Å². The van der Waals surface area contributed by atoms with Crippen molar-refractivity contribution in [2.45, 2.75) is 13.8 Å². The quantitative estimate of drug-likeness (QED) is 0.188. The number of benzene rings is 2. The van der Waals surface area contributed by atoms with Gasteiger partial charge >= 0.3 is 5.97 Å². The standard InChI is InChI=1S/C24H19N7O4/c1-12-5-3-8-16(13(12)2)26-21-20(27-22-23(28-21)31-35-30-22)19(29-25)18-10-9-17(34-18)14-6-4-7-15(11-14)24(32)33/h3-11H,25H2,1-2H3,(H,32,33)(H,26,28,31). The Morgan fingerprint density at radius 3 is 2.57 bits per heavy atom. The summed E-state index contributed by atoms with van der Waals surface area (Å²) in [6, 6.07) is 15.6. The van der Waals surface area contributed by atoms with Crippen LogP contribution in [0.4, 0.5) is 11.5 Å². The molecule has 0 aliphatic carbocycles. The van der Waals surface area contributed by atoms with Crippen LogP contribution < -0.4 is 11.2 Å². The molecular formula is C24H19N7O4. The largest absolute Gasteiger partial charge is 0.478 e. The molecule has 0 spiro atoms. The van der Waals surface area contributed by atoms with E-state index in [9.17, 15) is 9.90 Å². The smallest absolute Gasteiger partial charge is 0.335 e. The van der Waals surface area contributed by atoms with E-state index < -0.39 is 5.97 Å². The van der Waals surface area contributed by atoms with Crippen LogP contribution in [-0.4, -0.2) is 37.1 Å². The molecule has 0 aliphatic heterocycles. The Kier molecular flexibility index (Phi) is 5.41. The Labute approximate surface area is 198 Å². The predicted molar refractivity (Wildman–Crippen MR) is 128 cm³/mol. The number of fused-ring (bicyclic) bond motifs is 1. The van der Waals surface area contributed by atoms with Gasteiger partial charge in [0.15, 0.2) is 17.3 Å². The molecule has 0 bridgehead atoms. The molecular weight excluding hydrogens is 450 g/mol. The minimum absolute atomic E-state index is 0.142. The number of carbonyl (C=O) groups is 1. The van der Waals surface area contributed by atoms with Crippen molar-refractivity contribution in [3.63, 3.8) is 0 Å². The van der Waals surface area contributed by atoms with E-state index >= 15 is 0 Å². The van der Waals surface area contributed by atoms with Crippen molar-refractivity contribution in [2.24, 2.45) is 10.9 Å². The molecule has 11 heteroatoms. The molecule has 5 aromatic rings. The number of nitrogens with two attached hydrogens (primary N) is 1. The van der Waals surface area contributed by atoms with Gasteiger partial charge in [-0.1, -0.05) is 24.3 Å². The third-order valence-electron chi connectivity index (χ3n) is 5.56. The third kappa shape index (κ3) is 4.06. The van der Waals surface area contributed by atoms with Gasteiger partial charge in [-0.05, 0) is 65.6 Å². The number of hydrazone groups is 1. The van der Waals surface area contributed by atoms with Crippen LogP contribution in [0.1, 0.15) is 32.9 Å². The van der Waals surface area contributed by atoms with Crippen molar-refractivity contribution in [2.75, 3.05) is 5.32 Å². The fourth-order valence-corrected chi connectivity index (χ4v) is 3.57. The first kappa shape index (κ1) is 21.8. The van der Waals surface area contributed by atoms with Gasteiger partial charge in [0.1, 0.15) is 11.5 Å². The van der Waals surface area contributed by atoms with Gasteiger partial charge in [0.2, 0.25) is 11.3 Å². The van der Waals surface area contributed by atoms with Crippen molar-refractivity contribution < 1.29 is 18.9 Å². The summed E-state index contributed by atoms with van der Waals surface area (Å²) in [4.78, 5) is 20.4. The zero-order valence-corrected chi connectivity index (χ0v) is 18.7. The summed E-state index contributed by atoms with van der Waals surface area (Å²) in [5.41, 5.74) is 4.54. The van der Waals surface area contributed by atoms with E-state index in [1.54, 1.807) is 24.3 Å². The van der Waals surface area contributed by atoms with Crippen LogP contribution in [0.2, 0.25) is 0 Å². The lowest BCUT2D eigenvalue weighted by atomic mass is 10.1. The number of aromatic carboxylic acids is 1. The van der Waals surface area contributed by atoms with Gasteiger partial charge < -0.3 is 20.7 Å². The maximum Gasteiger partial charge on any atom is 0.335 e. The van der Waals surface area contributed by atoms with E-state index in [1.807, 2.05) is 32.0 Å². The Morgan fingerprint density at radius 2 is 1.80 bits per heavy atom. The van der Waals surface area contributed by atoms with Crippen LogP contribution >= 0.6 is 0 Å². The van der Waals surface area contributed by atoms with Gasteiger partial charge in [-0.3, -0.25) is 0 Å². The molecule has 5 rings (SSSR count). The summed E-state index contributed by atoms with van der Waals surface area (Å²) >= 11 is 0. The fourth-order valence-electron chi connectivity index (χ4n) is 3.57. The van der Waals surface area contributed by atoms with E-state index in [-0.39, 0.29) is 28.3 Å². The number of furan rings is 1. The normalized spacial score (nSPS) is 11.7. The highest BCUT2D eigenvalue weighted by atomic mass is 16.6. The van der Waals surface area contributed by atoms with Crippen molar-refractivity contribution in [3.8, 4) is 11.3 Å². The number of hydrogen-bond acceptors (Lipinski definition) is 10. The first-order valence-corrected chi connectivity index (χ1v) is 10.5. The molecule has 4 N–H and O–H groups in total.